The number of alkyl halides is 3. The van der Waals surface area contributed by atoms with Crippen LogP contribution in [0.25, 0.3) is 0 Å². The minimum Gasteiger partial charge on any atom is -0.345 e. The van der Waals surface area contributed by atoms with Crippen molar-refractivity contribution in [3.8, 4) is 0 Å². The number of amides is 1. The van der Waals surface area contributed by atoms with Gasteiger partial charge in [0.2, 0.25) is 0 Å². The fourth-order valence-electron chi connectivity index (χ4n) is 3.77. The largest absolute Gasteiger partial charge is 0.416 e. The molecule has 0 N–H and O–H groups in total. The van der Waals surface area contributed by atoms with E-state index in [1.165, 1.54) is 25.0 Å². The second kappa shape index (κ2) is 8.31. The number of likely N-dealkylation sites (tertiary alicyclic amines) is 1. The monoisotopic (exact) mass is 424 g/mol. The van der Waals surface area contributed by atoms with E-state index in [-0.39, 0.29) is 11.5 Å². The van der Waals surface area contributed by atoms with Crippen LogP contribution in [0, 0.1) is 0 Å². The Morgan fingerprint density at radius 1 is 1.00 bits per heavy atom. The van der Waals surface area contributed by atoms with Crippen LogP contribution in [-0.2, 0) is 12.7 Å². The number of piperazine rings is 1. The molecule has 0 spiro atoms. The standard InChI is InChI=1S/C20H23F3N4OS/c21-20(22,23)16-5-3-15(4-6-16)18(28)26-9-11-27(12-10-26)19-24-17(14-29-19)13-25-7-1-2-8-25/h3-6,14H,1-2,7-13H2. The molecule has 5 nitrogen and oxygen atoms in total. The molecular weight excluding hydrogens is 401 g/mol. The molecule has 2 aliphatic heterocycles. The fourth-order valence-corrected chi connectivity index (χ4v) is 4.64. The summed E-state index contributed by atoms with van der Waals surface area (Å²) in [5, 5.41) is 3.08. The Labute approximate surface area is 171 Å². The topological polar surface area (TPSA) is 39.7 Å². The van der Waals surface area contributed by atoms with Crippen molar-refractivity contribution in [2.75, 3.05) is 44.2 Å². The number of hydrogen-bond donors (Lipinski definition) is 0. The van der Waals surface area contributed by atoms with Gasteiger partial charge in [-0.2, -0.15) is 13.2 Å². The molecule has 2 fully saturated rings. The summed E-state index contributed by atoms with van der Waals surface area (Å²) in [6.45, 7) is 5.56. The normalized spacial score (nSPS) is 18.4. The van der Waals surface area contributed by atoms with Gasteiger partial charge in [-0.1, -0.05) is 0 Å². The van der Waals surface area contributed by atoms with Crippen molar-refractivity contribution in [1.29, 1.82) is 0 Å². The average Bonchev–Trinajstić information content (AvgIpc) is 3.40. The van der Waals surface area contributed by atoms with Crippen LogP contribution in [0.2, 0.25) is 0 Å². The first-order chi connectivity index (χ1) is 13.9. The Morgan fingerprint density at radius 3 is 2.28 bits per heavy atom. The maximum Gasteiger partial charge on any atom is 0.416 e. The van der Waals surface area contributed by atoms with Crippen molar-refractivity contribution in [1.82, 2.24) is 14.8 Å². The first-order valence-electron chi connectivity index (χ1n) is 9.78. The minimum absolute atomic E-state index is 0.229. The Bertz CT molecular complexity index is 838. The number of anilines is 1. The summed E-state index contributed by atoms with van der Waals surface area (Å²) < 4.78 is 38.1. The molecule has 0 aliphatic carbocycles. The maximum atomic E-state index is 12.7. The molecule has 1 amide bonds. The lowest BCUT2D eigenvalue weighted by molar-refractivity contribution is -0.137. The lowest BCUT2D eigenvalue weighted by Crippen LogP contribution is -2.48. The molecule has 156 valence electrons. The van der Waals surface area contributed by atoms with E-state index in [0.717, 1.165) is 42.6 Å². The van der Waals surface area contributed by atoms with Gasteiger partial charge in [0.25, 0.3) is 5.91 Å². The number of nitrogens with zero attached hydrogens (tertiary/aromatic N) is 4. The van der Waals surface area contributed by atoms with Crippen LogP contribution in [0.3, 0.4) is 0 Å². The summed E-state index contributed by atoms with van der Waals surface area (Å²) in [5.41, 5.74) is 0.635. The molecular formula is C20H23F3N4OS. The zero-order valence-corrected chi connectivity index (χ0v) is 16.8. The van der Waals surface area contributed by atoms with Crippen molar-refractivity contribution in [3.63, 3.8) is 0 Å². The Balaban J connectivity index is 1.32. The molecule has 29 heavy (non-hydrogen) atoms. The summed E-state index contributed by atoms with van der Waals surface area (Å²) in [5.74, 6) is -0.229. The van der Waals surface area contributed by atoms with Crippen LogP contribution in [0.4, 0.5) is 18.3 Å². The lowest BCUT2D eigenvalue weighted by atomic mass is 10.1. The van der Waals surface area contributed by atoms with Gasteiger partial charge in [0.15, 0.2) is 5.13 Å². The van der Waals surface area contributed by atoms with Crippen LogP contribution >= 0.6 is 11.3 Å². The van der Waals surface area contributed by atoms with E-state index >= 15 is 0 Å². The highest BCUT2D eigenvalue weighted by atomic mass is 32.1. The molecule has 2 aliphatic rings. The second-order valence-electron chi connectivity index (χ2n) is 7.46. The highest BCUT2D eigenvalue weighted by molar-refractivity contribution is 7.13. The van der Waals surface area contributed by atoms with Gasteiger partial charge in [-0.15, -0.1) is 11.3 Å². The first kappa shape index (κ1) is 20.2. The molecule has 9 heteroatoms. The van der Waals surface area contributed by atoms with E-state index in [0.29, 0.717) is 26.2 Å². The van der Waals surface area contributed by atoms with E-state index < -0.39 is 11.7 Å². The Kier molecular flexibility index (Phi) is 5.78. The number of rotatable bonds is 4. The molecule has 0 bridgehead atoms. The summed E-state index contributed by atoms with van der Waals surface area (Å²) in [6, 6.07) is 4.42. The van der Waals surface area contributed by atoms with Crippen LogP contribution in [0.5, 0.6) is 0 Å². The van der Waals surface area contributed by atoms with Gasteiger partial charge >= 0.3 is 6.18 Å². The minimum atomic E-state index is -4.39. The summed E-state index contributed by atoms with van der Waals surface area (Å²) in [6.07, 6.45) is -1.88. The van der Waals surface area contributed by atoms with Gasteiger partial charge in [-0.3, -0.25) is 9.69 Å². The van der Waals surface area contributed by atoms with Crippen LogP contribution < -0.4 is 4.90 Å². The number of carbonyl (C=O) groups is 1. The van der Waals surface area contributed by atoms with Crippen molar-refractivity contribution < 1.29 is 18.0 Å². The number of thiazole rings is 1. The Morgan fingerprint density at radius 2 is 1.66 bits per heavy atom. The third kappa shape index (κ3) is 4.72. The van der Waals surface area contributed by atoms with Gasteiger partial charge < -0.3 is 9.80 Å². The van der Waals surface area contributed by atoms with E-state index in [4.69, 9.17) is 4.98 Å². The smallest absolute Gasteiger partial charge is 0.345 e. The Hall–Kier alpha value is -2.13. The molecule has 3 heterocycles. The quantitative estimate of drug-likeness (QED) is 0.750. The van der Waals surface area contributed by atoms with E-state index in [2.05, 4.69) is 15.2 Å². The van der Waals surface area contributed by atoms with Crippen molar-refractivity contribution in [2.45, 2.75) is 25.6 Å². The molecule has 1 aromatic heterocycles. The number of halogens is 3. The third-order valence-corrected chi connectivity index (χ3v) is 6.37. The fraction of sp³-hybridized carbons (Fsp3) is 0.500. The highest BCUT2D eigenvalue weighted by Crippen LogP contribution is 2.29. The van der Waals surface area contributed by atoms with Gasteiger partial charge in [-0.05, 0) is 50.2 Å². The molecule has 2 aromatic rings. The molecule has 0 unspecified atom stereocenters. The second-order valence-corrected chi connectivity index (χ2v) is 8.30. The average molecular weight is 424 g/mol. The summed E-state index contributed by atoms with van der Waals surface area (Å²) >= 11 is 1.63. The van der Waals surface area contributed by atoms with Crippen LogP contribution in [-0.4, -0.2) is 60.0 Å². The van der Waals surface area contributed by atoms with E-state index in [1.54, 1.807) is 16.2 Å². The van der Waals surface area contributed by atoms with Crippen LogP contribution in [0.15, 0.2) is 29.6 Å². The van der Waals surface area contributed by atoms with Gasteiger partial charge in [0.1, 0.15) is 0 Å². The highest BCUT2D eigenvalue weighted by Gasteiger charge is 2.31. The van der Waals surface area contributed by atoms with Crippen molar-refractivity contribution in [3.05, 3.63) is 46.5 Å². The zero-order valence-electron chi connectivity index (χ0n) is 16.0. The predicted molar refractivity (Wildman–Crippen MR) is 106 cm³/mol. The molecule has 0 atom stereocenters. The van der Waals surface area contributed by atoms with E-state index in [1.807, 2.05) is 0 Å². The number of benzene rings is 1. The van der Waals surface area contributed by atoms with Crippen LogP contribution in [0.1, 0.15) is 34.5 Å². The SMILES string of the molecule is O=C(c1ccc(C(F)(F)F)cc1)N1CCN(c2nc(CN3CCCC3)cs2)CC1. The third-order valence-electron chi connectivity index (χ3n) is 5.42. The number of hydrogen-bond acceptors (Lipinski definition) is 5. The summed E-state index contributed by atoms with van der Waals surface area (Å²) in [7, 11) is 0. The maximum absolute atomic E-state index is 12.7. The zero-order chi connectivity index (χ0) is 20.4. The predicted octanol–water partition coefficient (Wildman–Crippen LogP) is 3.72. The van der Waals surface area contributed by atoms with Crippen molar-refractivity contribution >= 4 is 22.4 Å². The number of aromatic nitrogens is 1. The first-order valence-corrected chi connectivity index (χ1v) is 10.7. The van der Waals surface area contributed by atoms with Gasteiger partial charge in [0, 0.05) is 43.7 Å². The number of carbonyl (C=O) groups excluding carboxylic acids is 1. The van der Waals surface area contributed by atoms with E-state index in [9.17, 15) is 18.0 Å². The molecule has 1 aromatic carbocycles. The molecule has 0 saturated carbocycles. The molecule has 4 rings (SSSR count). The molecule has 0 radical (unpaired) electrons. The summed E-state index contributed by atoms with van der Waals surface area (Å²) in [4.78, 5) is 23.6. The molecule has 2 saturated heterocycles. The van der Waals surface area contributed by atoms with Gasteiger partial charge in [0.05, 0.1) is 11.3 Å². The van der Waals surface area contributed by atoms with Crippen molar-refractivity contribution in [2.24, 2.45) is 0 Å². The van der Waals surface area contributed by atoms with Gasteiger partial charge in [-0.25, -0.2) is 4.98 Å². The lowest BCUT2D eigenvalue weighted by Gasteiger charge is -2.34.